The summed E-state index contributed by atoms with van der Waals surface area (Å²) in [6.07, 6.45) is 1.67. The van der Waals surface area contributed by atoms with Crippen LogP contribution >= 0.6 is 0 Å². The van der Waals surface area contributed by atoms with Gasteiger partial charge in [-0.15, -0.1) is 0 Å². The van der Waals surface area contributed by atoms with Gasteiger partial charge in [0.15, 0.2) is 0 Å². The van der Waals surface area contributed by atoms with Crippen LogP contribution in [0.25, 0.3) is 0 Å². The van der Waals surface area contributed by atoms with Gasteiger partial charge in [0.2, 0.25) is 0 Å². The fourth-order valence-electron chi connectivity index (χ4n) is 2.06. The third-order valence-corrected chi connectivity index (χ3v) is 3.23. The second-order valence-corrected chi connectivity index (χ2v) is 5.08. The van der Waals surface area contributed by atoms with Gasteiger partial charge in [-0.05, 0) is 43.7 Å². The number of rotatable bonds is 6. The van der Waals surface area contributed by atoms with Crippen molar-refractivity contribution in [2.45, 2.75) is 33.0 Å². The molecule has 20 heavy (non-hydrogen) atoms. The van der Waals surface area contributed by atoms with Crippen LogP contribution in [-0.2, 0) is 13.1 Å². The average Bonchev–Trinajstić information content (AvgIpc) is 2.91. The lowest BCUT2D eigenvalue weighted by Gasteiger charge is -2.25. The summed E-state index contributed by atoms with van der Waals surface area (Å²) in [7, 11) is 0. The topological polar surface area (TPSA) is 53.7 Å². The quantitative estimate of drug-likeness (QED) is 0.876. The summed E-state index contributed by atoms with van der Waals surface area (Å²) in [6, 6.07) is 11.2. The van der Waals surface area contributed by atoms with Gasteiger partial charge in [0.25, 0.3) is 0 Å². The van der Waals surface area contributed by atoms with E-state index in [4.69, 9.17) is 9.52 Å². The zero-order valence-corrected chi connectivity index (χ0v) is 11.7. The number of hydrogen-bond donors (Lipinski definition) is 1. The number of hydrogen-bond acceptors (Lipinski definition) is 3. The van der Waals surface area contributed by atoms with Crippen molar-refractivity contribution in [3.8, 4) is 0 Å². The molecule has 1 aromatic carbocycles. The molecule has 0 aliphatic heterocycles. The van der Waals surface area contributed by atoms with Crippen LogP contribution in [0.2, 0.25) is 0 Å². The molecule has 2 rings (SSSR count). The van der Waals surface area contributed by atoms with E-state index in [1.165, 1.54) is 0 Å². The van der Waals surface area contributed by atoms with E-state index in [1.807, 2.05) is 18.2 Å². The summed E-state index contributed by atoms with van der Waals surface area (Å²) in [5.41, 5.74) is 1.31. The highest BCUT2D eigenvalue weighted by molar-refractivity contribution is 5.87. The van der Waals surface area contributed by atoms with E-state index < -0.39 is 5.97 Å². The molecule has 0 aliphatic rings. The molecule has 4 nitrogen and oxygen atoms in total. The molecule has 106 valence electrons. The van der Waals surface area contributed by atoms with Crippen LogP contribution in [0.3, 0.4) is 0 Å². The van der Waals surface area contributed by atoms with E-state index in [0.717, 1.165) is 11.3 Å². The van der Waals surface area contributed by atoms with E-state index in [2.05, 4.69) is 18.7 Å². The molecule has 0 unspecified atom stereocenters. The number of carboxylic acid groups (broad SMARTS) is 1. The Bertz CT molecular complexity index is 561. The van der Waals surface area contributed by atoms with Crippen LogP contribution in [-0.4, -0.2) is 22.0 Å². The van der Waals surface area contributed by atoms with Crippen molar-refractivity contribution < 1.29 is 14.3 Å². The second kappa shape index (κ2) is 6.39. The molecule has 1 aromatic heterocycles. The molecule has 0 bridgehead atoms. The molecule has 0 fully saturated rings. The van der Waals surface area contributed by atoms with Gasteiger partial charge in [0.05, 0.1) is 18.4 Å². The number of benzene rings is 1. The van der Waals surface area contributed by atoms with E-state index in [1.54, 1.807) is 24.5 Å². The van der Waals surface area contributed by atoms with Gasteiger partial charge >= 0.3 is 5.97 Å². The van der Waals surface area contributed by atoms with Gasteiger partial charge in [0, 0.05) is 12.6 Å². The third-order valence-electron chi connectivity index (χ3n) is 3.23. The first-order chi connectivity index (χ1) is 9.56. The molecule has 0 aliphatic carbocycles. The Morgan fingerprint density at radius 3 is 2.65 bits per heavy atom. The van der Waals surface area contributed by atoms with E-state index >= 15 is 0 Å². The first-order valence-corrected chi connectivity index (χ1v) is 6.65. The predicted octanol–water partition coefficient (Wildman–Crippen LogP) is 3.39. The highest BCUT2D eigenvalue weighted by Gasteiger charge is 2.13. The average molecular weight is 273 g/mol. The van der Waals surface area contributed by atoms with E-state index in [0.29, 0.717) is 24.7 Å². The lowest BCUT2D eigenvalue weighted by atomic mass is 10.1. The zero-order valence-electron chi connectivity index (χ0n) is 11.7. The fraction of sp³-hybridized carbons (Fsp3) is 0.312. The van der Waals surface area contributed by atoms with Gasteiger partial charge in [0.1, 0.15) is 5.76 Å². The van der Waals surface area contributed by atoms with Gasteiger partial charge < -0.3 is 9.52 Å². The minimum absolute atomic E-state index is 0.323. The van der Waals surface area contributed by atoms with Gasteiger partial charge in [-0.3, -0.25) is 4.90 Å². The summed E-state index contributed by atoms with van der Waals surface area (Å²) in [5, 5.41) is 9.03. The zero-order chi connectivity index (χ0) is 14.5. The highest BCUT2D eigenvalue weighted by Crippen LogP contribution is 2.14. The number of carboxylic acids is 1. The minimum atomic E-state index is -0.894. The summed E-state index contributed by atoms with van der Waals surface area (Å²) in [5.74, 6) is 0.0158. The van der Waals surface area contributed by atoms with Crippen LogP contribution < -0.4 is 0 Å². The fourth-order valence-corrected chi connectivity index (χ4v) is 2.06. The van der Waals surface area contributed by atoms with Crippen LogP contribution in [0.15, 0.2) is 47.1 Å². The van der Waals surface area contributed by atoms with Gasteiger partial charge in [-0.2, -0.15) is 0 Å². The Kier molecular flexibility index (Phi) is 4.58. The van der Waals surface area contributed by atoms with Crippen LogP contribution in [0.4, 0.5) is 0 Å². The molecule has 0 amide bonds. The molecule has 4 heteroatoms. The maximum absolute atomic E-state index is 11.0. The molecule has 0 spiro atoms. The summed E-state index contributed by atoms with van der Waals surface area (Å²) in [4.78, 5) is 13.2. The minimum Gasteiger partial charge on any atom is -0.478 e. The monoisotopic (exact) mass is 273 g/mol. The Balaban J connectivity index is 2.11. The first-order valence-electron chi connectivity index (χ1n) is 6.65. The van der Waals surface area contributed by atoms with Crippen molar-refractivity contribution >= 4 is 5.97 Å². The molecule has 0 saturated carbocycles. The molecular weight excluding hydrogens is 254 g/mol. The highest BCUT2D eigenvalue weighted by atomic mass is 16.4. The Hall–Kier alpha value is -2.07. The second-order valence-electron chi connectivity index (χ2n) is 5.08. The third kappa shape index (κ3) is 3.71. The van der Waals surface area contributed by atoms with Crippen molar-refractivity contribution in [1.82, 2.24) is 4.90 Å². The normalized spacial score (nSPS) is 11.2. The van der Waals surface area contributed by atoms with Crippen molar-refractivity contribution in [2.75, 3.05) is 0 Å². The lowest BCUT2D eigenvalue weighted by Crippen LogP contribution is -2.29. The molecule has 0 saturated heterocycles. The van der Waals surface area contributed by atoms with Crippen molar-refractivity contribution in [3.05, 3.63) is 59.5 Å². The van der Waals surface area contributed by atoms with Gasteiger partial charge in [-0.25, -0.2) is 4.79 Å². The first kappa shape index (κ1) is 14.3. The van der Waals surface area contributed by atoms with Crippen molar-refractivity contribution in [2.24, 2.45) is 0 Å². The molecule has 1 heterocycles. The number of furan rings is 1. The number of carbonyl (C=O) groups is 1. The Morgan fingerprint density at radius 1 is 1.25 bits per heavy atom. The largest absolute Gasteiger partial charge is 0.478 e. The number of nitrogens with zero attached hydrogens (tertiary/aromatic N) is 1. The number of aromatic carboxylic acids is 1. The van der Waals surface area contributed by atoms with Gasteiger partial charge in [-0.1, -0.05) is 12.1 Å². The smallest absolute Gasteiger partial charge is 0.335 e. The Morgan fingerprint density at radius 2 is 2.05 bits per heavy atom. The Labute approximate surface area is 118 Å². The van der Waals surface area contributed by atoms with Crippen LogP contribution in [0.5, 0.6) is 0 Å². The predicted molar refractivity (Wildman–Crippen MR) is 76.5 cm³/mol. The standard InChI is InChI=1S/C16H19NO3/c1-12(2)17(11-15-7-4-8-20-15)10-13-5-3-6-14(9-13)16(18)19/h3-9,12H,10-11H2,1-2H3,(H,18,19). The molecule has 2 aromatic rings. The molecule has 0 radical (unpaired) electrons. The van der Waals surface area contributed by atoms with Crippen LogP contribution in [0.1, 0.15) is 35.5 Å². The summed E-state index contributed by atoms with van der Waals surface area (Å²) >= 11 is 0. The van der Waals surface area contributed by atoms with E-state index in [9.17, 15) is 4.79 Å². The molecule has 0 atom stereocenters. The maximum atomic E-state index is 11.0. The summed E-state index contributed by atoms with van der Waals surface area (Å²) < 4.78 is 5.38. The van der Waals surface area contributed by atoms with Crippen LogP contribution in [0, 0.1) is 0 Å². The van der Waals surface area contributed by atoms with E-state index in [-0.39, 0.29) is 0 Å². The van der Waals surface area contributed by atoms with Crippen molar-refractivity contribution in [3.63, 3.8) is 0 Å². The van der Waals surface area contributed by atoms with Crippen molar-refractivity contribution in [1.29, 1.82) is 0 Å². The molecular formula is C16H19NO3. The maximum Gasteiger partial charge on any atom is 0.335 e. The molecule has 1 N–H and O–H groups in total. The summed E-state index contributed by atoms with van der Waals surface area (Å²) in [6.45, 7) is 5.63. The lowest BCUT2D eigenvalue weighted by molar-refractivity contribution is 0.0696. The SMILES string of the molecule is CC(C)N(Cc1cccc(C(=O)O)c1)Cc1ccco1.